The molecule has 15 heteroatoms. The number of carbonyl (C=O) groups excluding carboxylic acids is 1. The number of aromatic hydroxyl groups is 1. The first kappa shape index (κ1) is 28.3. The van der Waals surface area contributed by atoms with E-state index in [1.165, 1.54) is 6.92 Å². The van der Waals surface area contributed by atoms with Crippen molar-refractivity contribution in [1.82, 2.24) is 0 Å². The Morgan fingerprint density at radius 3 is 1.56 bits per heavy atom. The molecular weight excluding hydrogens is 492 g/mol. The Kier molecular flexibility index (Phi) is 9.28. The summed E-state index contributed by atoms with van der Waals surface area (Å²) in [6, 6.07) is 1.99. The third-order valence-corrected chi connectivity index (χ3v) is 5.73. The van der Waals surface area contributed by atoms with Crippen molar-refractivity contribution >= 4 is 5.97 Å². The highest BCUT2D eigenvalue weighted by molar-refractivity contribution is 5.91. The number of aliphatic hydroxyl groups excluding tert-OH is 8. The van der Waals surface area contributed by atoms with Gasteiger partial charge in [-0.1, -0.05) is 0 Å². The Hall–Kier alpha value is -2.31. The lowest BCUT2D eigenvalue weighted by Gasteiger charge is -2.40. The van der Waals surface area contributed by atoms with Gasteiger partial charge in [-0.05, 0) is 19.1 Å². The molecule has 2 saturated heterocycles. The largest absolute Gasteiger partial charge is 0.502 e. The van der Waals surface area contributed by atoms with Gasteiger partial charge in [0.05, 0.1) is 25.4 Å². The van der Waals surface area contributed by atoms with Crippen LogP contribution >= 0.6 is 0 Å². The van der Waals surface area contributed by atoms with Gasteiger partial charge in [0.15, 0.2) is 11.5 Å². The van der Waals surface area contributed by atoms with Gasteiger partial charge in [0.1, 0.15) is 48.8 Å². The number of hydrogen-bond acceptors (Lipinski definition) is 15. The third kappa shape index (κ3) is 5.65. The van der Waals surface area contributed by atoms with Gasteiger partial charge < -0.3 is 69.6 Å². The number of phenolic OH excluding ortho intramolecular Hbond substituents is 1. The Bertz CT molecular complexity index is 833. The summed E-state index contributed by atoms with van der Waals surface area (Å²) in [5, 5.41) is 89.8. The summed E-state index contributed by atoms with van der Waals surface area (Å²) < 4.78 is 26.3. The predicted octanol–water partition coefficient (Wildman–Crippen LogP) is -4.07. The van der Waals surface area contributed by atoms with Gasteiger partial charge in [-0.2, -0.15) is 0 Å². The quantitative estimate of drug-likeness (QED) is 0.147. The second-order valence-corrected chi connectivity index (χ2v) is 8.17. The van der Waals surface area contributed by atoms with E-state index in [9.17, 15) is 50.8 Å². The standard InChI is InChI=1S/C21H30O15/c1-2-32-19(31)7-3-8(33-20-17(29)15(27)13(25)10(5-22)35-20)12(24)9(4-7)34-21-18(30)16(28)14(26)11(6-23)36-21/h3-4,10-11,13-18,20-30H,2,5-6H2,1H3/t10-,11-,13+,14+,15+,16+,17-,18-,20?,21?/m1/s1. The lowest BCUT2D eigenvalue weighted by molar-refractivity contribution is -0.279. The van der Waals surface area contributed by atoms with Crippen LogP contribution in [0.15, 0.2) is 12.1 Å². The number of hydrogen-bond donors (Lipinski definition) is 9. The average molecular weight is 522 g/mol. The smallest absolute Gasteiger partial charge is 0.338 e. The summed E-state index contributed by atoms with van der Waals surface area (Å²) >= 11 is 0. The molecule has 2 aliphatic rings. The van der Waals surface area contributed by atoms with E-state index in [0.29, 0.717) is 0 Å². The van der Waals surface area contributed by atoms with E-state index in [0.717, 1.165) is 12.1 Å². The molecule has 204 valence electrons. The molecule has 1 aromatic carbocycles. The molecule has 0 spiro atoms. The molecule has 0 bridgehead atoms. The van der Waals surface area contributed by atoms with E-state index in [1.807, 2.05) is 0 Å². The minimum atomic E-state index is -1.84. The molecule has 2 unspecified atom stereocenters. The van der Waals surface area contributed by atoms with Crippen molar-refractivity contribution < 1.29 is 74.4 Å². The van der Waals surface area contributed by atoms with E-state index in [-0.39, 0.29) is 12.2 Å². The van der Waals surface area contributed by atoms with Crippen LogP contribution in [0.5, 0.6) is 17.2 Å². The second-order valence-electron chi connectivity index (χ2n) is 8.17. The average Bonchev–Trinajstić information content (AvgIpc) is 2.86. The van der Waals surface area contributed by atoms with Crippen LogP contribution in [0.4, 0.5) is 0 Å². The summed E-state index contributed by atoms with van der Waals surface area (Å²) in [5.41, 5.74) is -0.242. The van der Waals surface area contributed by atoms with Crippen LogP contribution in [-0.4, -0.2) is 133 Å². The first-order valence-electron chi connectivity index (χ1n) is 11.0. The van der Waals surface area contributed by atoms with Gasteiger partial charge in [-0.3, -0.25) is 0 Å². The summed E-state index contributed by atoms with van der Waals surface area (Å²) in [5.74, 6) is -2.78. The predicted molar refractivity (Wildman–Crippen MR) is 113 cm³/mol. The van der Waals surface area contributed by atoms with Gasteiger partial charge in [-0.15, -0.1) is 0 Å². The van der Waals surface area contributed by atoms with Gasteiger partial charge in [0, 0.05) is 0 Å². The number of carbonyl (C=O) groups is 1. The molecule has 9 N–H and O–H groups in total. The molecule has 2 fully saturated rings. The van der Waals surface area contributed by atoms with E-state index < -0.39 is 97.8 Å². The summed E-state index contributed by atoms with van der Waals surface area (Å²) in [7, 11) is 0. The fraction of sp³-hybridized carbons (Fsp3) is 0.667. The lowest BCUT2D eigenvalue weighted by Crippen LogP contribution is -2.60. The summed E-state index contributed by atoms with van der Waals surface area (Å²) in [6.45, 7) is 0.0246. The molecule has 1 aromatic rings. The molecule has 0 aromatic heterocycles. The molecule has 15 nitrogen and oxygen atoms in total. The highest BCUT2D eigenvalue weighted by atomic mass is 16.7. The summed E-state index contributed by atoms with van der Waals surface area (Å²) in [4.78, 5) is 12.4. The van der Waals surface area contributed by atoms with Gasteiger partial charge >= 0.3 is 5.97 Å². The van der Waals surface area contributed by atoms with Crippen molar-refractivity contribution in [3.63, 3.8) is 0 Å². The van der Waals surface area contributed by atoms with Crippen molar-refractivity contribution in [2.45, 2.75) is 68.3 Å². The van der Waals surface area contributed by atoms with E-state index >= 15 is 0 Å². The van der Waals surface area contributed by atoms with Crippen LogP contribution in [-0.2, 0) is 14.2 Å². The van der Waals surface area contributed by atoms with Crippen LogP contribution < -0.4 is 9.47 Å². The maximum Gasteiger partial charge on any atom is 0.338 e. The topological polar surface area (TPSA) is 245 Å². The lowest BCUT2D eigenvalue weighted by atomic mass is 9.99. The van der Waals surface area contributed by atoms with Crippen molar-refractivity contribution in [2.75, 3.05) is 19.8 Å². The third-order valence-electron chi connectivity index (χ3n) is 5.73. The zero-order valence-electron chi connectivity index (χ0n) is 19.0. The zero-order valence-corrected chi connectivity index (χ0v) is 19.0. The molecule has 0 aliphatic carbocycles. The molecule has 3 rings (SSSR count). The molecule has 0 amide bonds. The molecule has 36 heavy (non-hydrogen) atoms. The van der Waals surface area contributed by atoms with Gasteiger partial charge in [0.2, 0.25) is 18.3 Å². The van der Waals surface area contributed by atoms with Crippen LogP contribution in [0, 0.1) is 0 Å². The number of phenols is 1. The van der Waals surface area contributed by atoms with E-state index in [1.54, 1.807) is 0 Å². The molecule has 0 saturated carbocycles. The van der Waals surface area contributed by atoms with E-state index in [2.05, 4.69) is 0 Å². The number of benzene rings is 1. The fourth-order valence-electron chi connectivity index (χ4n) is 3.67. The molecule has 2 aliphatic heterocycles. The number of rotatable bonds is 8. The van der Waals surface area contributed by atoms with Crippen molar-refractivity contribution in [3.8, 4) is 17.2 Å². The molecule has 2 heterocycles. The van der Waals surface area contributed by atoms with Crippen LogP contribution in [0.3, 0.4) is 0 Å². The normalized spacial score (nSPS) is 36.8. The first-order chi connectivity index (χ1) is 17.0. The molecular formula is C21H30O15. The van der Waals surface area contributed by atoms with Crippen molar-refractivity contribution in [3.05, 3.63) is 17.7 Å². The summed E-state index contributed by atoms with van der Waals surface area (Å²) in [6.07, 6.45) is -16.7. The molecule has 0 radical (unpaired) electrons. The van der Waals surface area contributed by atoms with Gasteiger partial charge in [0.25, 0.3) is 0 Å². The zero-order chi connectivity index (χ0) is 26.7. The second kappa shape index (κ2) is 11.8. The minimum Gasteiger partial charge on any atom is -0.502 e. The fourth-order valence-corrected chi connectivity index (χ4v) is 3.67. The number of aliphatic hydroxyl groups is 8. The minimum absolute atomic E-state index is 0.0223. The van der Waals surface area contributed by atoms with E-state index in [4.69, 9.17) is 23.7 Å². The highest BCUT2D eigenvalue weighted by Gasteiger charge is 2.46. The Morgan fingerprint density at radius 2 is 1.19 bits per heavy atom. The molecule has 10 atom stereocenters. The first-order valence-corrected chi connectivity index (χ1v) is 11.0. The SMILES string of the molecule is CCOC(=O)c1cc(OC2O[C@H](CO)[C@H](O)[C@H](O)[C@H]2O)c(O)c(OC2O[C@H](CO)[C@H](O)[C@H](O)[C@H]2O)c1. The van der Waals surface area contributed by atoms with Crippen LogP contribution in [0.1, 0.15) is 17.3 Å². The van der Waals surface area contributed by atoms with Gasteiger partial charge in [-0.25, -0.2) is 4.79 Å². The Labute approximate surface area is 204 Å². The maximum atomic E-state index is 12.4. The monoisotopic (exact) mass is 522 g/mol. The van der Waals surface area contributed by atoms with Crippen LogP contribution in [0.25, 0.3) is 0 Å². The Morgan fingerprint density at radius 1 is 0.778 bits per heavy atom. The highest BCUT2D eigenvalue weighted by Crippen LogP contribution is 2.41. The number of ether oxygens (including phenoxy) is 5. The van der Waals surface area contributed by atoms with Crippen LogP contribution in [0.2, 0.25) is 0 Å². The Balaban J connectivity index is 1.94. The maximum absolute atomic E-state index is 12.4. The van der Waals surface area contributed by atoms with Crippen molar-refractivity contribution in [1.29, 1.82) is 0 Å². The van der Waals surface area contributed by atoms with Crippen molar-refractivity contribution in [2.24, 2.45) is 0 Å². The number of esters is 1.